The molecular formula is C12H20N4. The van der Waals surface area contributed by atoms with E-state index in [1.807, 2.05) is 12.3 Å². The number of likely N-dealkylation sites (tertiary alicyclic amines) is 1. The van der Waals surface area contributed by atoms with Gasteiger partial charge in [0, 0.05) is 31.9 Å². The minimum Gasteiger partial charge on any atom is -0.314 e. The smallest absolute Gasteiger partial charge is 0.115 e. The van der Waals surface area contributed by atoms with Crippen LogP contribution in [-0.2, 0) is 6.54 Å². The highest BCUT2D eigenvalue weighted by Crippen LogP contribution is 2.12. The molecule has 0 atom stereocenters. The average molecular weight is 220 g/mol. The van der Waals surface area contributed by atoms with Crippen LogP contribution in [0.1, 0.15) is 25.5 Å². The minimum atomic E-state index is 0.714. The third-order valence-electron chi connectivity index (χ3n) is 3.11. The highest BCUT2D eigenvalue weighted by atomic mass is 15.1. The van der Waals surface area contributed by atoms with Gasteiger partial charge in [0.2, 0.25) is 0 Å². The van der Waals surface area contributed by atoms with Gasteiger partial charge in [-0.15, -0.1) is 0 Å². The molecule has 1 fully saturated rings. The lowest BCUT2D eigenvalue weighted by Crippen LogP contribution is -2.42. The fraction of sp³-hybridized carbons (Fsp3) is 0.667. The van der Waals surface area contributed by atoms with Crippen LogP contribution in [0.25, 0.3) is 0 Å². The zero-order chi connectivity index (χ0) is 11.2. The lowest BCUT2D eigenvalue weighted by molar-refractivity contribution is 0.190. The predicted molar refractivity (Wildman–Crippen MR) is 64.0 cm³/mol. The van der Waals surface area contributed by atoms with Crippen LogP contribution in [0, 0.1) is 0 Å². The van der Waals surface area contributed by atoms with Crippen LogP contribution >= 0.6 is 0 Å². The van der Waals surface area contributed by atoms with Crippen LogP contribution in [-0.4, -0.2) is 40.5 Å². The molecule has 1 saturated heterocycles. The summed E-state index contributed by atoms with van der Waals surface area (Å²) in [6, 6.07) is 2.71. The van der Waals surface area contributed by atoms with Gasteiger partial charge < -0.3 is 5.32 Å². The second-order valence-electron chi connectivity index (χ2n) is 4.31. The first kappa shape index (κ1) is 11.5. The van der Waals surface area contributed by atoms with E-state index in [1.165, 1.54) is 25.9 Å². The molecule has 0 saturated carbocycles. The van der Waals surface area contributed by atoms with E-state index in [1.54, 1.807) is 6.33 Å². The largest absolute Gasteiger partial charge is 0.314 e. The van der Waals surface area contributed by atoms with Gasteiger partial charge in [0.05, 0.1) is 5.69 Å². The second kappa shape index (κ2) is 5.92. The van der Waals surface area contributed by atoms with E-state index in [0.29, 0.717) is 6.04 Å². The molecule has 1 aromatic rings. The van der Waals surface area contributed by atoms with Crippen LogP contribution in [0.4, 0.5) is 0 Å². The molecule has 88 valence electrons. The van der Waals surface area contributed by atoms with Gasteiger partial charge in [0.1, 0.15) is 6.33 Å². The SMILES string of the molecule is CCNC1CCN(Cc2ccncn2)CC1. The molecule has 0 spiro atoms. The summed E-state index contributed by atoms with van der Waals surface area (Å²) in [6.07, 6.45) is 5.94. The first-order chi connectivity index (χ1) is 7.88. The summed E-state index contributed by atoms with van der Waals surface area (Å²) >= 11 is 0. The molecule has 0 aliphatic carbocycles. The zero-order valence-corrected chi connectivity index (χ0v) is 9.89. The van der Waals surface area contributed by atoms with E-state index >= 15 is 0 Å². The zero-order valence-electron chi connectivity index (χ0n) is 9.89. The molecule has 1 N–H and O–H groups in total. The molecule has 16 heavy (non-hydrogen) atoms. The summed E-state index contributed by atoms with van der Waals surface area (Å²) in [4.78, 5) is 10.7. The molecule has 1 aliphatic rings. The standard InChI is InChI=1S/C12H20N4/c1-2-14-11-4-7-16(8-5-11)9-12-3-6-13-10-15-12/h3,6,10-11,14H,2,4-5,7-9H2,1H3. The van der Waals surface area contributed by atoms with Crippen molar-refractivity contribution in [1.29, 1.82) is 0 Å². The molecule has 0 unspecified atom stereocenters. The normalized spacial score (nSPS) is 18.8. The van der Waals surface area contributed by atoms with Crippen LogP contribution in [0.15, 0.2) is 18.6 Å². The summed E-state index contributed by atoms with van der Waals surface area (Å²) in [6.45, 7) is 6.55. The highest BCUT2D eigenvalue weighted by Gasteiger charge is 2.18. The van der Waals surface area contributed by atoms with Crippen LogP contribution in [0.2, 0.25) is 0 Å². The van der Waals surface area contributed by atoms with Gasteiger partial charge in [-0.2, -0.15) is 0 Å². The summed E-state index contributed by atoms with van der Waals surface area (Å²) in [5.41, 5.74) is 1.12. The van der Waals surface area contributed by atoms with Crippen LogP contribution in [0.5, 0.6) is 0 Å². The molecule has 1 aliphatic heterocycles. The van der Waals surface area contributed by atoms with Crippen LogP contribution in [0.3, 0.4) is 0 Å². The van der Waals surface area contributed by atoms with Crippen molar-refractivity contribution < 1.29 is 0 Å². The molecule has 1 aromatic heterocycles. The molecular weight excluding hydrogens is 200 g/mol. The Morgan fingerprint density at radius 2 is 2.25 bits per heavy atom. The molecule has 0 radical (unpaired) electrons. The monoisotopic (exact) mass is 220 g/mol. The number of piperidine rings is 1. The van der Waals surface area contributed by atoms with E-state index in [0.717, 1.165) is 18.8 Å². The number of nitrogens with one attached hydrogen (secondary N) is 1. The third-order valence-corrected chi connectivity index (χ3v) is 3.11. The van der Waals surface area contributed by atoms with Gasteiger partial charge in [-0.1, -0.05) is 6.92 Å². The number of aromatic nitrogens is 2. The van der Waals surface area contributed by atoms with Crippen molar-refractivity contribution in [3.63, 3.8) is 0 Å². The topological polar surface area (TPSA) is 41.0 Å². The maximum atomic E-state index is 4.26. The average Bonchev–Trinajstić information content (AvgIpc) is 2.33. The van der Waals surface area contributed by atoms with Crippen molar-refractivity contribution in [2.24, 2.45) is 0 Å². The molecule has 0 aromatic carbocycles. The quantitative estimate of drug-likeness (QED) is 0.823. The van der Waals surface area contributed by atoms with Crippen molar-refractivity contribution in [2.75, 3.05) is 19.6 Å². The molecule has 2 rings (SSSR count). The van der Waals surface area contributed by atoms with Gasteiger partial charge in [-0.05, 0) is 25.5 Å². The maximum absolute atomic E-state index is 4.26. The van der Waals surface area contributed by atoms with Gasteiger partial charge >= 0.3 is 0 Å². The predicted octanol–water partition coefficient (Wildman–Crippen LogP) is 1.05. The van der Waals surface area contributed by atoms with Gasteiger partial charge in [0.15, 0.2) is 0 Å². The molecule has 2 heterocycles. The van der Waals surface area contributed by atoms with E-state index in [-0.39, 0.29) is 0 Å². The van der Waals surface area contributed by atoms with E-state index in [4.69, 9.17) is 0 Å². The maximum Gasteiger partial charge on any atom is 0.115 e. The lowest BCUT2D eigenvalue weighted by Gasteiger charge is -2.31. The van der Waals surface area contributed by atoms with Crippen molar-refractivity contribution in [3.8, 4) is 0 Å². The Hall–Kier alpha value is -1.00. The Bertz CT molecular complexity index is 293. The second-order valence-corrected chi connectivity index (χ2v) is 4.31. The highest BCUT2D eigenvalue weighted by molar-refractivity contribution is 4.98. The fourth-order valence-corrected chi connectivity index (χ4v) is 2.22. The number of hydrogen-bond donors (Lipinski definition) is 1. The fourth-order valence-electron chi connectivity index (χ4n) is 2.22. The van der Waals surface area contributed by atoms with E-state index in [9.17, 15) is 0 Å². The van der Waals surface area contributed by atoms with Gasteiger partial charge in [-0.3, -0.25) is 4.90 Å². The van der Waals surface area contributed by atoms with Crippen molar-refractivity contribution >= 4 is 0 Å². The Morgan fingerprint density at radius 1 is 1.44 bits per heavy atom. The minimum absolute atomic E-state index is 0.714. The number of rotatable bonds is 4. The Balaban J connectivity index is 1.77. The molecule has 0 bridgehead atoms. The van der Waals surface area contributed by atoms with Gasteiger partial charge in [-0.25, -0.2) is 9.97 Å². The first-order valence-electron chi connectivity index (χ1n) is 6.09. The van der Waals surface area contributed by atoms with Gasteiger partial charge in [0.25, 0.3) is 0 Å². The Morgan fingerprint density at radius 3 is 2.88 bits per heavy atom. The summed E-state index contributed by atoms with van der Waals surface area (Å²) < 4.78 is 0. The molecule has 4 heteroatoms. The Kier molecular flexibility index (Phi) is 4.25. The summed E-state index contributed by atoms with van der Waals surface area (Å²) in [5, 5.41) is 3.52. The van der Waals surface area contributed by atoms with Crippen molar-refractivity contribution in [3.05, 3.63) is 24.3 Å². The molecule has 4 nitrogen and oxygen atoms in total. The van der Waals surface area contributed by atoms with Crippen molar-refractivity contribution in [1.82, 2.24) is 20.2 Å². The molecule has 0 amide bonds. The van der Waals surface area contributed by atoms with E-state index in [2.05, 4.69) is 27.1 Å². The summed E-state index contributed by atoms with van der Waals surface area (Å²) in [7, 11) is 0. The summed E-state index contributed by atoms with van der Waals surface area (Å²) in [5.74, 6) is 0. The Labute approximate surface area is 97.1 Å². The lowest BCUT2D eigenvalue weighted by atomic mass is 10.0. The van der Waals surface area contributed by atoms with E-state index < -0.39 is 0 Å². The number of hydrogen-bond acceptors (Lipinski definition) is 4. The van der Waals surface area contributed by atoms with Crippen molar-refractivity contribution in [2.45, 2.75) is 32.4 Å². The first-order valence-corrected chi connectivity index (χ1v) is 6.09. The third kappa shape index (κ3) is 3.25. The van der Waals surface area contributed by atoms with Crippen LogP contribution < -0.4 is 5.32 Å². The number of nitrogens with zero attached hydrogens (tertiary/aromatic N) is 3.